The van der Waals surface area contributed by atoms with Crippen LogP contribution in [0.5, 0.6) is 5.75 Å². The molecule has 0 aliphatic heterocycles. The summed E-state index contributed by atoms with van der Waals surface area (Å²) in [5.74, 6) is -0.417. The van der Waals surface area contributed by atoms with E-state index in [-0.39, 0.29) is 23.3 Å². The maximum absolute atomic E-state index is 11.8. The molecule has 94 valence electrons. The minimum absolute atomic E-state index is 0.0270. The van der Waals surface area contributed by atoms with E-state index in [1.54, 1.807) is 7.11 Å². The fraction of sp³-hybridized carbons (Fsp3) is 0.417. The Bertz CT molecular complexity index is 395. The van der Waals surface area contributed by atoms with Crippen LogP contribution in [0.4, 0.5) is 0 Å². The van der Waals surface area contributed by atoms with Crippen molar-refractivity contribution in [2.45, 2.75) is 19.4 Å². The summed E-state index contributed by atoms with van der Waals surface area (Å²) in [6.07, 6.45) is 0.712. The van der Waals surface area contributed by atoms with Crippen molar-refractivity contribution >= 4 is 17.5 Å². The molecule has 1 amide bonds. The molecule has 0 saturated heterocycles. The van der Waals surface area contributed by atoms with Crippen LogP contribution in [0, 0.1) is 0 Å². The lowest BCUT2D eigenvalue weighted by Gasteiger charge is -2.14. The van der Waals surface area contributed by atoms with E-state index in [4.69, 9.17) is 16.3 Å². The van der Waals surface area contributed by atoms with Crippen molar-refractivity contribution in [1.82, 2.24) is 5.32 Å². The number of hydrogen-bond acceptors (Lipinski definition) is 3. The van der Waals surface area contributed by atoms with E-state index in [2.05, 4.69) is 5.32 Å². The Labute approximate surface area is 106 Å². The second kappa shape index (κ2) is 6.47. The van der Waals surface area contributed by atoms with Crippen LogP contribution in [0.15, 0.2) is 18.2 Å². The number of hydrogen-bond donors (Lipinski definition) is 2. The van der Waals surface area contributed by atoms with Gasteiger partial charge < -0.3 is 15.2 Å². The summed E-state index contributed by atoms with van der Waals surface area (Å²) in [4.78, 5) is 11.8. The topological polar surface area (TPSA) is 58.6 Å². The van der Waals surface area contributed by atoms with Gasteiger partial charge in [-0.1, -0.05) is 11.6 Å². The SMILES string of the molecule is COCCC(C)NC(=O)c1cc(Cl)ccc1O. The lowest BCUT2D eigenvalue weighted by Crippen LogP contribution is -2.33. The molecule has 0 bridgehead atoms. The highest BCUT2D eigenvalue weighted by molar-refractivity contribution is 6.31. The molecule has 0 aliphatic rings. The maximum Gasteiger partial charge on any atom is 0.255 e. The predicted molar refractivity (Wildman–Crippen MR) is 66.5 cm³/mol. The highest BCUT2D eigenvalue weighted by Crippen LogP contribution is 2.21. The van der Waals surface area contributed by atoms with Crippen LogP contribution < -0.4 is 5.32 Å². The number of nitrogens with one attached hydrogen (secondary N) is 1. The van der Waals surface area contributed by atoms with E-state index >= 15 is 0 Å². The molecule has 1 unspecified atom stereocenters. The zero-order chi connectivity index (χ0) is 12.8. The molecule has 2 N–H and O–H groups in total. The summed E-state index contributed by atoms with van der Waals surface area (Å²) in [5.41, 5.74) is 0.182. The van der Waals surface area contributed by atoms with Crippen molar-refractivity contribution < 1.29 is 14.6 Å². The minimum atomic E-state index is -0.339. The number of carbonyl (C=O) groups excluding carboxylic acids is 1. The number of aromatic hydroxyl groups is 1. The van der Waals surface area contributed by atoms with Crippen molar-refractivity contribution in [1.29, 1.82) is 0 Å². The summed E-state index contributed by atoms with van der Waals surface area (Å²) < 4.78 is 4.92. The number of benzene rings is 1. The Balaban J connectivity index is 2.66. The smallest absolute Gasteiger partial charge is 0.255 e. The maximum atomic E-state index is 11.8. The molecule has 0 aliphatic carbocycles. The highest BCUT2D eigenvalue weighted by Gasteiger charge is 2.13. The largest absolute Gasteiger partial charge is 0.507 e. The third-order valence-electron chi connectivity index (χ3n) is 2.34. The number of ether oxygens (including phenoxy) is 1. The van der Waals surface area contributed by atoms with E-state index in [1.165, 1.54) is 18.2 Å². The van der Waals surface area contributed by atoms with Gasteiger partial charge in [0.25, 0.3) is 5.91 Å². The molecule has 1 rings (SSSR count). The fourth-order valence-electron chi connectivity index (χ4n) is 1.36. The molecule has 17 heavy (non-hydrogen) atoms. The first-order valence-corrected chi connectivity index (χ1v) is 5.70. The second-order valence-corrected chi connectivity index (χ2v) is 4.25. The van der Waals surface area contributed by atoms with Crippen LogP contribution in [0.3, 0.4) is 0 Å². The van der Waals surface area contributed by atoms with Crippen LogP contribution in [0.2, 0.25) is 5.02 Å². The van der Waals surface area contributed by atoms with Crippen LogP contribution in [-0.2, 0) is 4.74 Å². The molecule has 1 aromatic carbocycles. The van der Waals surface area contributed by atoms with Crippen molar-refractivity contribution in [2.75, 3.05) is 13.7 Å². The van der Waals surface area contributed by atoms with Crippen molar-refractivity contribution in [3.63, 3.8) is 0 Å². The first-order valence-electron chi connectivity index (χ1n) is 5.33. The van der Waals surface area contributed by atoms with Crippen LogP contribution in [0.1, 0.15) is 23.7 Å². The van der Waals surface area contributed by atoms with Crippen LogP contribution >= 0.6 is 11.6 Å². The lowest BCUT2D eigenvalue weighted by atomic mass is 10.1. The zero-order valence-electron chi connectivity index (χ0n) is 9.87. The molecule has 0 radical (unpaired) electrons. The number of amides is 1. The van der Waals surface area contributed by atoms with E-state index in [9.17, 15) is 9.90 Å². The van der Waals surface area contributed by atoms with Crippen molar-refractivity contribution in [3.8, 4) is 5.75 Å². The van der Waals surface area contributed by atoms with Gasteiger partial charge in [-0.3, -0.25) is 4.79 Å². The summed E-state index contributed by atoms with van der Waals surface area (Å²) in [5, 5.41) is 12.7. The first kappa shape index (κ1) is 13.8. The lowest BCUT2D eigenvalue weighted by molar-refractivity contribution is 0.0927. The van der Waals surface area contributed by atoms with Gasteiger partial charge in [0, 0.05) is 24.8 Å². The zero-order valence-corrected chi connectivity index (χ0v) is 10.6. The number of methoxy groups -OCH3 is 1. The van der Waals surface area contributed by atoms with Crippen LogP contribution in [-0.4, -0.2) is 30.8 Å². The minimum Gasteiger partial charge on any atom is -0.507 e. The molecule has 1 aromatic rings. The molecule has 4 nitrogen and oxygen atoms in total. The van der Waals surface area contributed by atoms with E-state index in [0.717, 1.165) is 0 Å². The average molecular weight is 258 g/mol. The predicted octanol–water partition coefficient (Wildman–Crippen LogP) is 2.20. The van der Waals surface area contributed by atoms with Crippen molar-refractivity contribution in [3.05, 3.63) is 28.8 Å². The third-order valence-corrected chi connectivity index (χ3v) is 2.57. The van der Waals surface area contributed by atoms with Gasteiger partial charge in [-0.25, -0.2) is 0 Å². The van der Waals surface area contributed by atoms with Crippen molar-refractivity contribution in [2.24, 2.45) is 0 Å². The number of carbonyl (C=O) groups is 1. The molecule has 0 saturated carbocycles. The molecule has 0 aromatic heterocycles. The summed E-state index contributed by atoms with van der Waals surface area (Å²) in [7, 11) is 1.61. The van der Waals surface area contributed by atoms with Gasteiger partial charge in [0.2, 0.25) is 0 Å². The Morgan fingerprint density at radius 2 is 2.29 bits per heavy atom. The summed E-state index contributed by atoms with van der Waals surface area (Å²) in [6, 6.07) is 4.34. The van der Waals surface area contributed by atoms with Gasteiger partial charge in [0.1, 0.15) is 5.75 Å². The van der Waals surface area contributed by atoms with Gasteiger partial charge in [0.05, 0.1) is 5.56 Å². The van der Waals surface area contributed by atoms with Gasteiger partial charge in [-0.15, -0.1) is 0 Å². The van der Waals surface area contributed by atoms with E-state index < -0.39 is 0 Å². The highest BCUT2D eigenvalue weighted by atomic mass is 35.5. The average Bonchev–Trinajstić information content (AvgIpc) is 2.29. The van der Waals surface area contributed by atoms with Gasteiger partial charge >= 0.3 is 0 Å². The quantitative estimate of drug-likeness (QED) is 0.850. The summed E-state index contributed by atoms with van der Waals surface area (Å²) >= 11 is 5.77. The Morgan fingerprint density at radius 3 is 2.94 bits per heavy atom. The molecular weight excluding hydrogens is 242 g/mol. The Hall–Kier alpha value is -1.26. The van der Waals surface area contributed by atoms with Gasteiger partial charge in [-0.2, -0.15) is 0 Å². The Morgan fingerprint density at radius 1 is 1.59 bits per heavy atom. The summed E-state index contributed by atoms with van der Waals surface area (Å²) in [6.45, 7) is 2.45. The number of phenols is 1. The van der Waals surface area contributed by atoms with E-state index in [0.29, 0.717) is 18.1 Å². The van der Waals surface area contributed by atoms with Crippen LogP contribution in [0.25, 0.3) is 0 Å². The number of rotatable bonds is 5. The van der Waals surface area contributed by atoms with E-state index in [1.807, 2.05) is 6.92 Å². The first-order chi connectivity index (χ1) is 8.04. The standard InChI is InChI=1S/C12H16ClNO3/c1-8(5-6-17-2)14-12(16)10-7-9(13)3-4-11(10)15/h3-4,7-8,15H,5-6H2,1-2H3,(H,14,16). The molecule has 5 heteroatoms. The molecule has 0 spiro atoms. The molecule has 1 atom stereocenters. The third kappa shape index (κ3) is 4.24. The van der Waals surface area contributed by atoms with Gasteiger partial charge in [-0.05, 0) is 31.5 Å². The Kier molecular flexibility index (Phi) is 5.25. The normalized spacial score (nSPS) is 12.2. The second-order valence-electron chi connectivity index (χ2n) is 3.82. The monoisotopic (exact) mass is 257 g/mol. The fourth-order valence-corrected chi connectivity index (χ4v) is 1.53. The number of phenolic OH excluding ortho intramolecular Hbond substituents is 1. The molecule has 0 heterocycles. The molecular formula is C12H16ClNO3. The van der Waals surface area contributed by atoms with Gasteiger partial charge in [0.15, 0.2) is 0 Å². The number of halogens is 1. The molecule has 0 fully saturated rings.